The molecule has 5 N–H and O–H groups in total. The molecule has 0 radical (unpaired) electrons. The molecule has 9 heteroatoms. The number of carbonyl (C=O) groups is 4. The van der Waals surface area contributed by atoms with Crippen LogP contribution in [-0.2, 0) is 25.6 Å². The highest BCUT2D eigenvalue weighted by molar-refractivity contribution is 7.81. The van der Waals surface area contributed by atoms with E-state index in [-0.39, 0.29) is 12.2 Å². The summed E-state index contributed by atoms with van der Waals surface area (Å²) >= 11 is 3.84. The molecular weight excluding hydrogens is 334 g/mol. The van der Waals surface area contributed by atoms with Gasteiger partial charge in [-0.3, -0.25) is 19.2 Å². The van der Waals surface area contributed by atoms with Gasteiger partial charge in [0.25, 0.3) is 0 Å². The minimum absolute atomic E-state index is 0.118. The lowest BCUT2D eigenvalue weighted by Gasteiger charge is -2.21. The van der Waals surface area contributed by atoms with E-state index < -0.39 is 42.2 Å². The van der Waals surface area contributed by atoms with Crippen LogP contribution in [0.2, 0.25) is 0 Å². The Hall–Kier alpha value is -2.55. The number of amides is 3. The number of primary amides is 1. The third-order valence-corrected chi connectivity index (χ3v) is 3.40. The zero-order valence-electron chi connectivity index (χ0n) is 12.8. The lowest BCUT2D eigenvalue weighted by atomic mass is 10.0. The van der Waals surface area contributed by atoms with Crippen LogP contribution in [0.1, 0.15) is 12.0 Å². The van der Waals surface area contributed by atoms with Crippen molar-refractivity contribution in [2.24, 2.45) is 5.73 Å². The van der Waals surface area contributed by atoms with Gasteiger partial charge in [-0.15, -0.1) is 0 Å². The van der Waals surface area contributed by atoms with Crippen LogP contribution in [0.3, 0.4) is 0 Å². The summed E-state index contributed by atoms with van der Waals surface area (Å²) in [7, 11) is 0. The Kier molecular flexibility index (Phi) is 7.76. The first-order valence-electron chi connectivity index (χ1n) is 7.09. The van der Waals surface area contributed by atoms with Crippen LogP contribution in [0.4, 0.5) is 0 Å². The lowest BCUT2D eigenvalue weighted by Crippen LogP contribution is -2.54. The average Bonchev–Trinajstić information content (AvgIpc) is 2.53. The van der Waals surface area contributed by atoms with E-state index in [0.29, 0.717) is 0 Å². The van der Waals surface area contributed by atoms with Crippen LogP contribution in [0.25, 0.3) is 0 Å². The summed E-state index contributed by atoms with van der Waals surface area (Å²) in [6, 6.07) is 6.57. The normalized spacial score (nSPS) is 12.7. The molecule has 0 fully saturated rings. The van der Waals surface area contributed by atoms with E-state index in [9.17, 15) is 19.2 Å². The first-order valence-corrected chi connectivity index (χ1v) is 7.72. The van der Waals surface area contributed by atoms with Gasteiger partial charge in [-0.2, -0.15) is 12.6 Å². The van der Waals surface area contributed by atoms with Gasteiger partial charge in [0.1, 0.15) is 12.1 Å². The Balaban J connectivity index is 2.87. The minimum atomic E-state index is -1.36. The summed E-state index contributed by atoms with van der Waals surface area (Å²) in [6.07, 6.45) is -0.468. The summed E-state index contributed by atoms with van der Waals surface area (Å²) in [4.78, 5) is 45.9. The second-order valence-electron chi connectivity index (χ2n) is 5.03. The lowest BCUT2D eigenvalue weighted by molar-refractivity contribution is -0.140. The molecule has 0 spiro atoms. The zero-order chi connectivity index (χ0) is 18.1. The number of carboxylic acids is 1. The molecule has 0 aliphatic heterocycles. The number of aliphatic carboxylic acids is 1. The highest BCUT2D eigenvalue weighted by Crippen LogP contribution is 2.05. The molecule has 0 aliphatic rings. The molecule has 1 aromatic carbocycles. The number of carboxylic acid groups (broad SMARTS) is 1. The van der Waals surface area contributed by atoms with Crippen molar-refractivity contribution in [3.05, 3.63) is 35.9 Å². The van der Waals surface area contributed by atoms with E-state index in [1.807, 2.05) is 0 Å². The van der Waals surface area contributed by atoms with E-state index in [0.717, 1.165) is 5.56 Å². The van der Waals surface area contributed by atoms with Crippen molar-refractivity contribution < 1.29 is 24.3 Å². The molecule has 2 atom stereocenters. The van der Waals surface area contributed by atoms with E-state index in [4.69, 9.17) is 10.8 Å². The molecule has 0 saturated carbocycles. The van der Waals surface area contributed by atoms with Gasteiger partial charge >= 0.3 is 5.97 Å². The Labute approximate surface area is 144 Å². The van der Waals surface area contributed by atoms with Gasteiger partial charge in [-0.05, 0) is 5.56 Å². The Bertz CT molecular complexity index is 608. The maximum atomic E-state index is 12.3. The van der Waals surface area contributed by atoms with E-state index >= 15 is 0 Å². The van der Waals surface area contributed by atoms with Crippen LogP contribution in [0, 0.1) is 0 Å². The molecule has 1 aromatic rings. The molecule has 3 amide bonds. The third-order valence-electron chi connectivity index (χ3n) is 3.12. The van der Waals surface area contributed by atoms with Gasteiger partial charge in [0.15, 0.2) is 0 Å². The number of nitrogens with two attached hydrogens (primary N) is 1. The first-order chi connectivity index (χ1) is 11.3. The van der Waals surface area contributed by atoms with Crippen molar-refractivity contribution in [1.29, 1.82) is 0 Å². The highest BCUT2D eigenvalue weighted by atomic mass is 32.1. The molecular formula is C15H19N3O5S. The summed E-state index contributed by atoms with van der Waals surface area (Å²) in [5, 5.41) is 13.5. The Morgan fingerprint density at radius 3 is 2.21 bits per heavy atom. The molecule has 0 aromatic heterocycles. The van der Waals surface area contributed by atoms with Crippen molar-refractivity contribution in [2.75, 3.05) is 5.75 Å². The SMILES string of the molecule is NC(=O)[C@H](CC(=O)O)NC(=O)[C@H](Cc1ccccc1)NC(=O)CS. The summed E-state index contributed by atoms with van der Waals surface area (Å²) in [5.41, 5.74) is 5.88. The molecule has 0 aliphatic carbocycles. The molecule has 0 heterocycles. The van der Waals surface area contributed by atoms with Gasteiger partial charge < -0.3 is 21.5 Å². The van der Waals surface area contributed by atoms with Gasteiger partial charge in [-0.25, -0.2) is 0 Å². The average molecular weight is 353 g/mol. The maximum absolute atomic E-state index is 12.3. The van der Waals surface area contributed by atoms with E-state index in [1.165, 1.54) is 0 Å². The molecule has 1 rings (SSSR count). The van der Waals surface area contributed by atoms with Crippen LogP contribution < -0.4 is 16.4 Å². The number of thiol groups is 1. The van der Waals surface area contributed by atoms with Gasteiger partial charge in [0.05, 0.1) is 12.2 Å². The van der Waals surface area contributed by atoms with Crippen molar-refractivity contribution >= 4 is 36.3 Å². The van der Waals surface area contributed by atoms with Gasteiger partial charge in [0, 0.05) is 6.42 Å². The number of nitrogens with one attached hydrogen (secondary N) is 2. The fourth-order valence-corrected chi connectivity index (χ4v) is 2.06. The summed E-state index contributed by atoms with van der Waals surface area (Å²) < 4.78 is 0. The van der Waals surface area contributed by atoms with Gasteiger partial charge in [0.2, 0.25) is 17.7 Å². The number of benzene rings is 1. The second-order valence-corrected chi connectivity index (χ2v) is 5.35. The van der Waals surface area contributed by atoms with Crippen molar-refractivity contribution in [3.8, 4) is 0 Å². The maximum Gasteiger partial charge on any atom is 0.305 e. The fraction of sp³-hybridized carbons (Fsp3) is 0.333. The number of hydrogen-bond acceptors (Lipinski definition) is 5. The predicted molar refractivity (Wildman–Crippen MR) is 89.3 cm³/mol. The Morgan fingerprint density at radius 2 is 1.71 bits per heavy atom. The monoisotopic (exact) mass is 353 g/mol. The largest absolute Gasteiger partial charge is 0.481 e. The Morgan fingerprint density at radius 1 is 1.08 bits per heavy atom. The van der Waals surface area contributed by atoms with Gasteiger partial charge in [-0.1, -0.05) is 30.3 Å². The molecule has 0 unspecified atom stereocenters. The molecule has 8 nitrogen and oxygen atoms in total. The zero-order valence-corrected chi connectivity index (χ0v) is 13.7. The quantitative estimate of drug-likeness (QED) is 0.366. The molecule has 130 valence electrons. The third kappa shape index (κ3) is 6.69. The molecule has 0 bridgehead atoms. The van der Waals surface area contributed by atoms with Crippen molar-refractivity contribution in [1.82, 2.24) is 10.6 Å². The summed E-state index contributed by atoms with van der Waals surface area (Å²) in [5.74, 6) is -3.53. The number of carbonyl (C=O) groups excluding carboxylic acids is 3. The van der Waals surface area contributed by atoms with E-state index in [1.54, 1.807) is 30.3 Å². The number of hydrogen-bond donors (Lipinski definition) is 5. The predicted octanol–water partition coefficient (Wildman–Crippen LogP) is -0.911. The highest BCUT2D eigenvalue weighted by Gasteiger charge is 2.27. The molecule has 0 saturated heterocycles. The smallest absolute Gasteiger partial charge is 0.305 e. The van der Waals surface area contributed by atoms with Crippen molar-refractivity contribution in [2.45, 2.75) is 24.9 Å². The standard InChI is InChI=1S/C15H19N3O5S/c16-14(22)10(7-13(20)21)18-15(23)11(17-12(19)8-24)6-9-4-2-1-3-5-9/h1-5,10-11,24H,6-8H2,(H2,16,22)(H,17,19)(H,18,23)(H,20,21)/t10-,11-/m0/s1. The van der Waals surface area contributed by atoms with Crippen LogP contribution >= 0.6 is 12.6 Å². The van der Waals surface area contributed by atoms with Crippen LogP contribution in [-0.4, -0.2) is 46.6 Å². The second kappa shape index (κ2) is 9.56. The topological polar surface area (TPSA) is 139 Å². The first kappa shape index (κ1) is 19.5. The van der Waals surface area contributed by atoms with Crippen LogP contribution in [0.5, 0.6) is 0 Å². The number of rotatable bonds is 9. The van der Waals surface area contributed by atoms with E-state index in [2.05, 4.69) is 23.3 Å². The fourth-order valence-electron chi connectivity index (χ4n) is 1.97. The minimum Gasteiger partial charge on any atom is -0.481 e. The summed E-state index contributed by atoms with van der Waals surface area (Å²) in [6.45, 7) is 0. The van der Waals surface area contributed by atoms with Crippen molar-refractivity contribution in [3.63, 3.8) is 0 Å². The van der Waals surface area contributed by atoms with Crippen LogP contribution in [0.15, 0.2) is 30.3 Å². The molecule has 24 heavy (non-hydrogen) atoms.